The van der Waals surface area contributed by atoms with E-state index in [0.29, 0.717) is 32.5 Å². The Kier molecular flexibility index (Phi) is 7.59. The zero-order chi connectivity index (χ0) is 26.3. The third-order valence-corrected chi connectivity index (χ3v) is 8.00. The number of aliphatic hydroxyl groups excluding tert-OH is 1. The molecule has 0 saturated carbocycles. The van der Waals surface area contributed by atoms with Gasteiger partial charge in [0.1, 0.15) is 11.6 Å². The van der Waals surface area contributed by atoms with Crippen LogP contribution >= 0.6 is 0 Å². The Morgan fingerprint density at radius 3 is 2.37 bits per heavy atom. The molecule has 3 saturated heterocycles. The van der Waals surface area contributed by atoms with E-state index in [1.165, 1.54) is 4.90 Å². The molecule has 0 radical (unpaired) electrons. The molecule has 6 atom stereocenters. The van der Waals surface area contributed by atoms with Crippen LogP contribution in [0.1, 0.15) is 60.8 Å². The first kappa shape index (κ1) is 27.4. The monoisotopic (exact) mass is 489 g/mol. The summed E-state index contributed by atoms with van der Waals surface area (Å²) < 4.78 is 6.69. The maximum atomic E-state index is 14.2. The maximum absolute atomic E-state index is 14.2. The van der Waals surface area contributed by atoms with Crippen LogP contribution in [-0.2, 0) is 19.1 Å². The lowest BCUT2D eigenvalue weighted by Crippen LogP contribution is -2.61. The second-order valence-corrected chi connectivity index (χ2v) is 11.5. The summed E-state index contributed by atoms with van der Waals surface area (Å²) in [5.74, 6) is -2.11. The predicted molar refractivity (Wildman–Crippen MR) is 134 cm³/mol. The Bertz CT molecular complexity index is 883. The van der Waals surface area contributed by atoms with E-state index in [9.17, 15) is 19.5 Å². The number of hydrogen-bond donors (Lipinski definition) is 1. The number of nitrogens with zero attached hydrogens (tertiary/aromatic N) is 3. The zero-order valence-electron chi connectivity index (χ0n) is 22.2. The Morgan fingerprint density at radius 2 is 1.86 bits per heavy atom. The van der Waals surface area contributed by atoms with Crippen molar-refractivity contribution in [3.05, 3.63) is 25.3 Å². The maximum Gasteiger partial charge on any atom is 0.249 e. The minimum atomic E-state index is -1.11. The smallest absolute Gasteiger partial charge is 0.249 e. The van der Waals surface area contributed by atoms with Gasteiger partial charge in [0.2, 0.25) is 17.7 Å². The summed E-state index contributed by atoms with van der Waals surface area (Å²) in [6, 6.07) is -1.51. The molecule has 3 aliphatic rings. The van der Waals surface area contributed by atoms with Gasteiger partial charge in [0, 0.05) is 25.2 Å². The van der Waals surface area contributed by atoms with Crippen molar-refractivity contribution >= 4 is 17.7 Å². The molecular formula is C27H43N3O5. The molecule has 1 N–H and O–H groups in total. The van der Waals surface area contributed by atoms with Gasteiger partial charge in [-0.15, -0.1) is 13.2 Å². The average Bonchev–Trinajstić information content (AvgIpc) is 3.36. The fourth-order valence-electron chi connectivity index (χ4n) is 6.47. The average molecular weight is 490 g/mol. The second-order valence-electron chi connectivity index (χ2n) is 11.5. The second kappa shape index (κ2) is 9.69. The molecule has 0 aromatic carbocycles. The van der Waals surface area contributed by atoms with E-state index in [0.717, 1.165) is 6.42 Å². The van der Waals surface area contributed by atoms with E-state index in [1.54, 1.807) is 28.9 Å². The highest BCUT2D eigenvalue weighted by Crippen LogP contribution is 2.64. The van der Waals surface area contributed by atoms with Crippen LogP contribution in [0.25, 0.3) is 0 Å². The fourth-order valence-corrected chi connectivity index (χ4v) is 6.47. The van der Waals surface area contributed by atoms with Crippen LogP contribution in [0, 0.1) is 11.8 Å². The van der Waals surface area contributed by atoms with Crippen LogP contribution in [0.5, 0.6) is 0 Å². The molecule has 0 aromatic rings. The van der Waals surface area contributed by atoms with E-state index in [2.05, 4.69) is 13.2 Å². The normalized spacial score (nSPS) is 32.4. The van der Waals surface area contributed by atoms with Crippen LogP contribution < -0.4 is 0 Å². The molecule has 8 nitrogen and oxygen atoms in total. The van der Waals surface area contributed by atoms with E-state index in [4.69, 9.17) is 4.74 Å². The number of likely N-dealkylation sites (tertiary alicyclic amines) is 1. The summed E-state index contributed by atoms with van der Waals surface area (Å²) in [6.07, 6.45) is 5.25. The van der Waals surface area contributed by atoms with Crippen molar-refractivity contribution in [2.24, 2.45) is 11.8 Å². The quantitative estimate of drug-likeness (QED) is 0.476. The van der Waals surface area contributed by atoms with Gasteiger partial charge < -0.3 is 24.5 Å². The molecule has 0 aliphatic carbocycles. The minimum absolute atomic E-state index is 0.127. The molecule has 3 heterocycles. The van der Waals surface area contributed by atoms with Gasteiger partial charge in [0.05, 0.1) is 30.1 Å². The molecule has 35 heavy (non-hydrogen) atoms. The largest absolute Gasteiger partial charge is 0.394 e. The molecule has 3 aliphatic heterocycles. The van der Waals surface area contributed by atoms with Crippen LogP contribution in [-0.4, -0.2) is 92.6 Å². The van der Waals surface area contributed by atoms with Gasteiger partial charge >= 0.3 is 0 Å². The standard InChI is InChI=1S/C27H43N3O5/c1-9-14-28(15-10-2)22(32)19-20-23(33)30(18(4)17-31)21(27(20)13-12-26(19,8)35-27)24(34)29(16-11-3)25(5,6)7/h9,11,18-21,31H,1,3,10,12-17H2,2,4-8H3/t18-,19-,20+,21?,26+,27?/m1/s1. The Morgan fingerprint density at radius 1 is 1.23 bits per heavy atom. The van der Waals surface area contributed by atoms with Crippen molar-refractivity contribution < 1.29 is 24.2 Å². The van der Waals surface area contributed by atoms with Gasteiger partial charge in [-0.1, -0.05) is 19.1 Å². The number of carbonyl (C=O) groups is 3. The van der Waals surface area contributed by atoms with Crippen LogP contribution in [0.3, 0.4) is 0 Å². The Hall–Kier alpha value is -2.19. The molecule has 196 valence electrons. The third-order valence-electron chi connectivity index (χ3n) is 8.00. The lowest BCUT2D eigenvalue weighted by molar-refractivity contribution is -0.158. The van der Waals surface area contributed by atoms with E-state index in [-0.39, 0.29) is 24.3 Å². The van der Waals surface area contributed by atoms with Crippen molar-refractivity contribution in [1.29, 1.82) is 0 Å². The van der Waals surface area contributed by atoms with Gasteiger partial charge in [0.25, 0.3) is 0 Å². The topological polar surface area (TPSA) is 90.4 Å². The highest BCUT2D eigenvalue weighted by atomic mass is 16.5. The summed E-state index contributed by atoms with van der Waals surface area (Å²) >= 11 is 0. The molecule has 2 unspecified atom stereocenters. The first-order chi connectivity index (χ1) is 16.3. The fraction of sp³-hybridized carbons (Fsp3) is 0.741. The Labute approximate surface area is 210 Å². The van der Waals surface area contributed by atoms with Crippen molar-refractivity contribution in [3.63, 3.8) is 0 Å². The van der Waals surface area contributed by atoms with Crippen molar-refractivity contribution in [3.8, 4) is 0 Å². The summed E-state index contributed by atoms with van der Waals surface area (Å²) in [5, 5.41) is 10.0. The number of hydrogen-bond acceptors (Lipinski definition) is 5. The summed E-state index contributed by atoms with van der Waals surface area (Å²) in [7, 11) is 0. The van der Waals surface area contributed by atoms with Crippen molar-refractivity contribution in [2.75, 3.05) is 26.2 Å². The molecule has 0 aromatic heterocycles. The van der Waals surface area contributed by atoms with E-state index in [1.807, 2.05) is 34.6 Å². The molecular weight excluding hydrogens is 446 g/mol. The lowest BCUT2D eigenvalue weighted by atomic mass is 9.66. The number of rotatable bonds is 10. The molecule has 2 bridgehead atoms. The van der Waals surface area contributed by atoms with E-state index >= 15 is 0 Å². The Balaban J connectivity index is 2.14. The van der Waals surface area contributed by atoms with Crippen LogP contribution in [0.4, 0.5) is 0 Å². The minimum Gasteiger partial charge on any atom is -0.394 e. The zero-order valence-corrected chi connectivity index (χ0v) is 22.2. The van der Waals surface area contributed by atoms with Gasteiger partial charge in [-0.05, 0) is 53.9 Å². The summed E-state index contributed by atoms with van der Waals surface area (Å²) in [6.45, 7) is 20.1. The third kappa shape index (κ3) is 4.22. The number of amides is 3. The van der Waals surface area contributed by atoms with Gasteiger partial charge in [-0.2, -0.15) is 0 Å². The van der Waals surface area contributed by atoms with Gasteiger partial charge in [0.15, 0.2) is 0 Å². The van der Waals surface area contributed by atoms with E-state index < -0.39 is 40.7 Å². The predicted octanol–water partition coefficient (Wildman–Crippen LogP) is 2.37. The SMILES string of the molecule is C=CCN(CCC)C(=O)[C@H]1[C@H]2C(=O)N([C@H](C)CO)C(C(=O)N(CC=C)C(C)(C)C)C23CC[C@]1(C)O3. The van der Waals surface area contributed by atoms with Crippen molar-refractivity contribution in [1.82, 2.24) is 14.7 Å². The summed E-state index contributed by atoms with van der Waals surface area (Å²) in [4.78, 5) is 47.1. The number of aliphatic hydroxyl groups is 1. The highest BCUT2D eigenvalue weighted by molar-refractivity contribution is 5.99. The first-order valence-corrected chi connectivity index (χ1v) is 12.8. The first-order valence-electron chi connectivity index (χ1n) is 12.8. The van der Waals surface area contributed by atoms with Crippen molar-refractivity contribution in [2.45, 2.75) is 89.6 Å². The molecule has 1 spiro atoms. The van der Waals surface area contributed by atoms with Gasteiger partial charge in [-0.25, -0.2) is 0 Å². The number of fused-ring (bicyclic) bond motifs is 1. The molecule has 3 fully saturated rings. The molecule has 3 amide bonds. The van der Waals surface area contributed by atoms with Gasteiger partial charge in [-0.3, -0.25) is 14.4 Å². The lowest BCUT2D eigenvalue weighted by Gasteiger charge is -2.43. The van der Waals surface area contributed by atoms with Crippen LogP contribution in [0.2, 0.25) is 0 Å². The number of ether oxygens (including phenoxy) is 1. The number of carbonyl (C=O) groups excluding carboxylic acids is 3. The molecule has 3 rings (SSSR count). The molecule has 8 heteroatoms. The summed E-state index contributed by atoms with van der Waals surface area (Å²) in [5.41, 5.74) is -2.46. The van der Waals surface area contributed by atoms with Crippen LogP contribution in [0.15, 0.2) is 25.3 Å². The highest BCUT2D eigenvalue weighted by Gasteiger charge is 2.78.